The average Bonchev–Trinajstić information content (AvgIpc) is 3.51. The molecule has 1 saturated heterocycles. The molecule has 1 aliphatic heterocycles. The first-order chi connectivity index (χ1) is 17.8. The van der Waals surface area contributed by atoms with Crippen molar-refractivity contribution in [1.82, 2.24) is 15.0 Å². The Hall–Kier alpha value is -0.399. The van der Waals surface area contributed by atoms with Crippen LogP contribution >= 0.6 is 31.9 Å². The van der Waals surface area contributed by atoms with Crippen molar-refractivity contribution >= 4 is 74.4 Å². The Morgan fingerprint density at radius 3 is 1.54 bits per heavy atom. The number of rotatable bonds is 5. The summed E-state index contributed by atoms with van der Waals surface area (Å²) in [5.41, 5.74) is -1.15. The van der Waals surface area contributed by atoms with Crippen molar-refractivity contribution in [2.45, 2.75) is 52.3 Å². The maximum atomic E-state index is 13.6. The number of halogens is 7. The molecular formula is C25H35BBr2F4IMgN3O4. The Labute approximate surface area is 292 Å². The molecule has 0 unspecified atom stereocenters. The third-order valence-corrected chi connectivity index (χ3v) is 5.13. The van der Waals surface area contributed by atoms with Crippen LogP contribution in [0.2, 0.25) is 6.82 Å². The van der Waals surface area contributed by atoms with Gasteiger partial charge in [-0.05, 0) is 69.0 Å². The predicted octanol–water partition coefficient (Wildman–Crippen LogP) is 3.58. The van der Waals surface area contributed by atoms with Crippen molar-refractivity contribution in [2.75, 3.05) is 27.4 Å². The van der Waals surface area contributed by atoms with E-state index in [0.717, 1.165) is 46.4 Å². The fourth-order valence-corrected chi connectivity index (χ4v) is 2.67. The number of aromatic nitrogens is 2. The van der Waals surface area contributed by atoms with Gasteiger partial charge in [0.2, 0.25) is 5.78 Å². The molecule has 0 N–H and O–H groups in total. The summed E-state index contributed by atoms with van der Waals surface area (Å²) in [6.07, 6.45) is 4.98. The van der Waals surface area contributed by atoms with Gasteiger partial charge in [0, 0.05) is 48.5 Å². The van der Waals surface area contributed by atoms with E-state index >= 15 is 0 Å². The van der Waals surface area contributed by atoms with Gasteiger partial charge in [-0.1, -0.05) is 20.7 Å². The first-order valence-electron chi connectivity index (χ1n) is 11.3. The Morgan fingerprint density at radius 1 is 0.927 bits per heavy atom. The van der Waals surface area contributed by atoms with Crippen molar-refractivity contribution in [3.05, 3.63) is 64.4 Å². The van der Waals surface area contributed by atoms with Crippen LogP contribution in [0.15, 0.2) is 45.6 Å². The van der Waals surface area contributed by atoms with Crippen LogP contribution in [0, 0.1) is 7.43 Å². The molecule has 1 amide bonds. The number of Topliss-reactive ketones (excluding diaryl/α,β-unsaturated/α-hetero) is 1. The van der Waals surface area contributed by atoms with E-state index in [1.807, 2.05) is 13.8 Å². The summed E-state index contributed by atoms with van der Waals surface area (Å²) in [4.78, 5) is 33.2. The second kappa shape index (κ2) is 27.2. The average molecular weight is 839 g/mol. The Bertz CT molecular complexity index is 944. The summed E-state index contributed by atoms with van der Waals surface area (Å²) in [6, 6.07) is 4.99. The molecular weight excluding hydrogens is 804 g/mol. The molecule has 3 rings (SSSR count). The van der Waals surface area contributed by atoms with Gasteiger partial charge in [0.05, 0.1) is 15.0 Å². The summed E-state index contributed by atoms with van der Waals surface area (Å²) < 4.78 is 59.2. The zero-order chi connectivity index (χ0) is 29.9. The van der Waals surface area contributed by atoms with E-state index in [2.05, 4.69) is 54.5 Å². The van der Waals surface area contributed by atoms with Crippen molar-refractivity contribution < 1.29 is 60.7 Å². The molecule has 3 heterocycles. The van der Waals surface area contributed by atoms with Gasteiger partial charge in [-0.2, -0.15) is 17.6 Å². The molecule has 0 saturated carbocycles. The standard InChI is InChI=1S/C9H9BrF2N2O2.C8H6BrF2NO.C4H8O.C2H6.CH3B.CH3.HI.Mg/c1-14(16-2)8(15)9(11,12)7-4-3-6(10)5-13-7;1-5(13)8(10,11)7-3-2-6(9)4-12-7;1-2-4-5-3-1;2*1-2;;;/h3-5H,1-2H3;2-4H,1H3;1-4H2;1-2H3;1H3;1H3;1H;/q;;;;;-1;;+2/p-1. The van der Waals surface area contributed by atoms with Gasteiger partial charge in [-0.25, -0.2) is 5.06 Å². The molecule has 1 aliphatic rings. The minimum absolute atomic E-state index is 0. The van der Waals surface area contributed by atoms with Gasteiger partial charge in [0.15, 0.2) is 0 Å². The Balaban J connectivity index is -0.000000155. The molecule has 228 valence electrons. The van der Waals surface area contributed by atoms with Crippen LogP contribution in [0.4, 0.5) is 17.6 Å². The molecule has 7 nitrogen and oxygen atoms in total. The van der Waals surface area contributed by atoms with Crippen LogP contribution in [0.3, 0.4) is 0 Å². The molecule has 2 radical (unpaired) electrons. The molecule has 0 aliphatic carbocycles. The third-order valence-electron chi connectivity index (χ3n) is 4.20. The number of ketones is 1. The molecule has 2 aromatic rings. The number of carbonyl (C=O) groups is 2. The van der Waals surface area contributed by atoms with Gasteiger partial charge in [0.1, 0.15) is 11.4 Å². The molecule has 0 atom stereocenters. The first kappa shape index (κ1) is 50.2. The molecule has 1 fully saturated rings. The van der Waals surface area contributed by atoms with Crippen molar-refractivity contribution in [1.29, 1.82) is 0 Å². The van der Waals surface area contributed by atoms with Gasteiger partial charge < -0.3 is 36.1 Å². The minimum Gasteiger partial charge on any atom is -1.00 e. The van der Waals surface area contributed by atoms with E-state index in [9.17, 15) is 27.2 Å². The number of hydrogen-bond acceptors (Lipinski definition) is 6. The van der Waals surface area contributed by atoms with Crippen LogP contribution in [0.25, 0.3) is 0 Å². The van der Waals surface area contributed by atoms with Crippen LogP contribution in [0.5, 0.6) is 0 Å². The molecule has 2 aromatic heterocycles. The van der Waals surface area contributed by atoms with E-state index in [-0.39, 0.29) is 54.5 Å². The van der Waals surface area contributed by atoms with Crippen LogP contribution < -0.4 is 24.0 Å². The number of amides is 1. The van der Waals surface area contributed by atoms with E-state index in [4.69, 9.17) is 4.74 Å². The SMILES string of the molecule is C1CCOC1.CC.CC(=O)C(F)(F)c1ccc(Br)cn1.CON(C)C(=O)C(F)(F)c1ccc(Br)cn1.[B]C.[CH3-].[I-].[Mg+2]. The van der Waals surface area contributed by atoms with Crippen LogP contribution in [-0.2, 0) is 31.0 Å². The first-order valence-corrected chi connectivity index (χ1v) is 12.9. The van der Waals surface area contributed by atoms with Gasteiger partial charge in [-0.15, -0.1) is 0 Å². The van der Waals surface area contributed by atoms with Crippen molar-refractivity contribution in [2.24, 2.45) is 0 Å². The fraction of sp³-hybridized carbons (Fsp3) is 0.480. The summed E-state index contributed by atoms with van der Waals surface area (Å²) in [7, 11) is 6.73. The smallest absolute Gasteiger partial charge is 1.00 e. The zero-order valence-electron chi connectivity index (χ0n) is 24.2. The predicted molar refractivity (Wildman–Crippen MR) is 157 cm³/mol. The number of likely N-dealkylation sites (N-methyl/N-ethyl adjacent to an activating group) is 1. The van der Waals surface area contributed by atoms with E-state index in [1.54, 1.807) is 0 Å². The second-order valence-corrected chi connectivity index (χ2v) is 8.56. The Morgan fingerprint density at radius 2 is 1.29 bits per heavy atom. The molecule has 41 heavy (non-hydrogen) atoms. The van der Waals surface area contributed by atoms with Crippen molar-refractivity contribution in [3.8, 4) is 0 Å². The monoisotopic (exact) mass is 837 g/mol. The summed E-state index contributed by atoms with van der Waals surface area (Å²) in [5, 5.41) is 0.462. The maximum absolute atomic E-state index is 13.6. The number of hydrogen-bond donors (Lipinski definition) is 0. The topological polar surface area (TPSA) is 81.6 Å². The normalized spacial score (nSPS) is 11.2. The Kier molecular flexibility index (Phi) is 33.3. The zero-order valence-corrected chi connectivity index (χ0v) is 30.9. The van der Waals surface area contributed by atoms with Gasteiger partial charge >= 0.3 is 40.8 Å². The quantitative estimate of drug-likeness (QED) is 0.151. The van der Waals surface area contributed by atoms with Crippen molar-refractivity contribution in [3.63, 3.8) is 0 Å². The molecule has 0 aromatic carbocycles. The number of hydroxylamine groups is 2. The summed E-state index contributed by atoms with van der Waals surface area (Å²) in [5.74, 6) is -9.86. The van der Waals surface area contributed by atoms with E-state index in [1.165, 1.54) is 44.2 Å². The summed E-state index contributed by atoms with van der Waals surface area (Å²) in [6.45, 7) is 8.34. The minimum atomic E-state index is -3.70. The number of ether oxygens (including phenoxy) is 1. The largest absolute Gasteiger partial charge is 2.00 e. The number of carbonyl (C=O) groups excluding carboxylic acids is 2. The second-order valence-electron chi connectivity index (χ2n) is 6.73. The van der Waals surface area contributed by atoms with E-state index < -0.39 is 34.9 Å². The third kappa shape index (κ3) is 18.8. The maximum Gasteiger partial charge on any atom is 2.00 e. The van der Waals surface area contributed by atoms with Crippen LogP contribution in [-0.4, -0.2) is 85.0 Å². The number of alkyl halides is 4. The van der Waals surface area contributed by atoms with Gasteiger partial charge in [-0.3, -0.25) is 24.4 Å². The molecule has 16 heteroatoms. The number of nitrogens with zero attached hydrogens (tertiary/aromatic N) is 3. The fourth-order valence-electron chi connectivity index (χ4n) is 2.20. The van der Waals surface area contributed by atoms with Crippen LogP contribution in [0.1, 0.15) is 45.0 Å². The van der Waals surface area contributed by atoms with Gasteiger partial charge in [0.25, 0.3) is 0 Å². The molecule has 0 spiro atoms. The number of pyridine rings is 2. The van der Waals surface area contributed by atoms with E-state index in [0.29, 0.717) is 14.0 Å². The summed E-state index contributed by atoms with van der Waals surface area (Å²) >= 11 is 6.12. The molecule has 0 bridgehead atoms.